The van der Waals surface area contributed by atoms with Crippen molar-refractivity contribution in [3.05, 3.63) is 30.1 Å². The molecule has 2 rings (SSSR count). The first kappa shape index (κ1) is 10.5. The molecule has 1 aliphatic heterocycles. The summed E-state index contributed by atoms with van der Waals surface area (Å²) in [6.45, 7) is 0.749. The number of ether oxygens (including phenoxy) is 2. The minimum atomic E-state index is -0.529. The van der Waals surface area contributed by atoms with E-state index in [1.807, 2.05) is 12.1 Å². The summed E-state index contributed by atoms with van der Waals surface area (Å²) < 4.78 is 11.0. The molecule has 1 aromatic rings. The Labute approximate surface area is 87.8 Å². The molecule has 0 aromatic carbocycles. The van der Waals surface area contributed by atoms with E-state index in [0.717, 1.165) is 5.56 Å². The molecule has 0 bridgehead atoms. The maximum Gasteiger partial charge on any atom is 0.185 e. The largest absolute Gasteiger partial charge is 0.390 e. The molecule has 82 valence electrons. The number of quaternary nitrogens is 1. The van der Waals surface area contributed by atoms with Crippen LogP contribution in [0.3, 0.4) is 0 Å². The van der Waals surface area contributed by atoms with Crippen LogP contribution in [-0.2, 0) is 9.47 Å². The van der Waals surface area contributed by atoms with Gasteiger partial charge in [0.15, 0.2) is 11.8 Å². The van der Waals surface area contributed by atoms with E-state index < -0.39 is 5.54 Å². The number of aliphatic hydroxyl groups is 1. The molecule has 15 heavy (non-hydrogen) atoms. The fourth-order valence-corrected chi connectivity index (χ4v) is 1.39. The van der Waals surface area contributed by atoms with Crippen LogP contribution in [-0.4, -0.2) is 35.5 Å². The van der Waals surface area contributed by atoms with Crippen molar-refractivity contribution in [1.29, 1.82) is 0 Å². The molecule has 2 heterocycles. The van der Waals surface area contributed by atoms with Crippen LogP contribution in [0.15, 0.2) is 24.5 Å². The van der Waals surface area contributed by atoms with Gasteiger partial charge in [0.2, 0.25) is 0 Å². The maximum absolute atomic E-state index is 9.07. The zero-order valence-corrected chi connectivity index (χ0v) is 8.43. The number of aliphatic hydroxyl groups excluding tert-OH is 1. The number of pyridine rings is 1. The Morgan fingerprint density at radius 3 is 2.80 bits per heavy atom. The van der Waals surface area contributed by atoms with Gasteiger partial charge in [-0.2, -0.15) is 0 Å². The molecule has 0 amide bonds. The van der Waals surface area contributed by atoms with Gasteiger partial charge in [0.05, 0.1) is 0 Å². The third-order valence-electron chi connectivity index (χ3n) is 2.37. The van der Waals surface area contributed by atoms with Gasteiger partial charge in [-0.05, 0) is 6.07 Å². The lowest BCUT2D eigenvalue weighted by atomic mass is 10.0. The van der Waals surface area contributed by atoms with E-state index in [9.17, 15) is 0 Å². The smallest absolute Gasteiger partial charge is 0.185 e. The fraction of sp³-hybridized carbons (Fsp3) is 0.500. The van der Waals surface area contributed by atoms with Crippen molar-refractivity contribution >= 4 is 0 Å². The van der Waals surface area contributed by atoms with Crippen LogP contribution in [0.5, 0.6) is 0 Å². The number of rotatable bonds is 2. The Morgan fingerprint density at radius 1 is 1.53 bits per heavy atom. The lowest BCUT2D eigenvalue weighted by molar-refractivity contribution is -0.518. The van der Waals surface area contributed by atoms with E-state index in [1.165, 1.54) is 0 Å². The summed E-state index contributed by atoms with van der Waals surface area (Å²) in [5.74, 6) is 0. The molecule has 1 saturated heterocycles. The van der Waals surface area contributed by atoms with Gasteiger partial charge < -0.3 is 20.3 Å². The Bertz CT molecular complexity index is 310. The Kier molecular flexibility index (Phi) is 2.97. The van der Waals surface area contributed by atoms with Crippen LogP contribution in [0.4, 0.5) is 0 Å². The molecular weight excluding hydrogens is 196 g/mol. The van der Waals surface area contributed by atoms with Gasteiger partial charge in [-0.1, -0.05) is 6.07 Å². The molecular formula is C10H15N2O3+. The molecule has 0 aliphatic carbocycles. The number of hydrogen-bond donors (Lipinski definition) is 2. The first-order chi connectivity index (χ1) is 7.23. The molecule has 1 aromatic heterocycles. The van der Waals surface area contributed by atoms with Gasteiger partial charge in [-0.15, -0.1) is 0 Å². The molecule has 5 nitrogen and oxygen atoms in total. The SMILES string of the molecule is [NH3+]C1(CO)COC(c2cccnc2)OC1. The zero-order valence-electron chi connectivity index (χ0n) is 8.43. The molecule has 0 atom stereocenters. The van der Waals surface area contributed by atoms with Crippen molar-refractivity contribution in [3.8, 4) is 0 Å². The summed E-state index contributed by atoms with van der Waals surface area (Å²) in [7, 11) is 0. The van der Waals surface area contributed by atoms with Gasteiger partial charge >= 0.3 is 0 Å². The van der Waals surface area contributed by atoms with Gasteiger partial charge in [0, 0.05) is 18.0 Å². The quantitative estimate of drug-likeness (QED) is 0.664. The van der Waals surface area contributed by atoms with Gasteiger partial charge in [0.1, 0.15) is 19.8 Å². The third-order valence-corrected chi connectivity index (χ3v) is 2.37. The lowest BCUT2D eigenvalue weighted by Crippen LogP contribution is -2.80. The van der Waals surface area contributed by atoms with E-state index in [-0.39, 0.29) is 12.9 Å². The second-order valence-corrected chi connectivity index (χ2v) is 3.90. The summed E-state index contributed by atoms with van der Waals surface area (Å²) in [5.41, 5.74) is 4.22. The number of hydrogen-bond acceptors (Lipinski definition) is 4. The van der Waals surface area contributed by atoms with Crippen LogP contribution in [0.1, 0.15) is 11.9 Å². The number of aromatic nitrogens is 1. The Hall–Kier alpha value is -1.01. The maximum atomic E-state index is 9.07. The molecule has 5 heteroatoms. The summed E-state index contributed by atoms with van der Waals surface area (Å²) >= 11 is 0. The van der Waals surface area contributed by atoms with E-state index in [1.54, 1.807) is 12.4 Å². The second-order valence-electron chi connectivity index (χ2n) is 3.90. The van der Waals surface area contributed by atoms with Crippen molar-refractivity contribution < 1.29 is 20.3 Å². The monoisotopic (exact) mass is 211 g/mol. The highest BCUT2D eigenvalue weighted by molar-refractivity contribution is 5.10. The Balaban J connectivity index is 2.00. The molecule has 1 aliphatic rings. The van der Waals surface area contributed by atoms with Crippen molar-refractivity contribution in [3.63, 3.8) is 0 Å². The van der Waals surface area contributed by atoms with E-state index >= 15 is 0 Å². The molecule has 0 spiro atoms. The highest BCUT2D eigenvalue weighted by atomic mass is 16.7. The van der Waals surface area contributed by atoms with Crippen LogP contribution < -0.4 is 5.73 Å². The van der Waals surface area contributed by atoms with Gasteiger partial charge in [0.25, 0.3) is 0 Å². The molecule has 0 saturated carbocycles. The molecule has 0 unspecified atom stereocenters. The molecule has 0 radical (unpaired) electrons. The predicted molar refractivity (Wildman–Crippen MR) is 51.6 cm³/mol. The van der Waals surface area contributed by atoms with Crippen molar-refractivity contribution in [2.75, 3.05) is 19.8 Å². The summed E-state index contributed by atoms with van der Waals surface area (Å²) in [4.78, 5) is 3.99. The van der Waals surface area contributed by atoms with Gasteiger partial charge in [-0.25, -0.2) is 0 Å². The fourth-order valence-electron chi connectivity index (χ4n) is 1.39. The van der Waals surface area contributed by atoms with E-state index in [0.29, 0.717) is 13.2 Å². The highest BCUT2D eigenvalue weighted by Crippen LogP contribution is 2.24. The van der Waals surface area contributed by atoms with Crippen LogP contribution in [0, 0.1) is 0 Å². The molecule has 4 N–H and O–H groups in total. The second kappa shape index (κ2) is 4.24. The van der Waals surface area contributed by atoms with Crippen molar-refractivity contribution in [2.45, 2.75) is 11.8 Å². The standard InChI is InChI=1S/C10H14N2O3/c11-10(5-13)6-14-9(15-7-10)8-2-1-3-12-4-8/h1-4,9,13H,5-7,11H2/p+1. The third kappa shape index (κ3) is 2.32. The first-order valence-electron chi connectivity index (χ1n) is 4.83. The zero-order chi connectivity index (χ0) is 10.7. The van der Waals surface area contributed by atoms with E-state index in [2.05, 4.69) is 10.7 Å². The lowest BCUT2D eigenvalue weighted by Gasteiger charge is -2.32. The normalized spacial score (nSPS) is 31.5. The van der Waals surface area contributed by atoms with Crippen LogP contribution >= 0.6 is 0 Å². The minimum Gasteiger partial charge on any atom is -0.390 e. The first-order valence-corrected chi connectivity index (χ1v) is 4.83. The predicted octanol–water partition coefficient (Wildman–Crippen LogP) is -0.900. The summed E-state index contributed by atoms with van der Waals surface area (Å²) in [6, 6.07) is 3.73. The van der Waals surface area contributed by atoms with E-state index in [4.69, 9.17) is 14.6 Å². The minimum absolute atomic E-state index is 0.0350. The van der Waals surface area contributed by atoms with Crippen molar-refractivity contribution in [2.24, 2.45) is 0 Å². The van der Waals surface area contributed by atoms with Crippen LogP contribution in [0.25, 0.3) is 0 Å². The Morgan fingerprint density at radius 2 is 2.27 bits per heavy atom. The van der Waals surface area contributed by atoms with Crippen molar-refractivity contribution in [1.82, 2.24) is 4.98 Å². The summed E-state index contributed by atoms with van der Waals surface area (Å²) in [5, 5.41) is 9.07. The number of nitrogens with zero attached hydrogens (tertiary/aromatic N) is 1. The highest BCUT2D eigenvalue weighted by Gasteiger charge is 2.36. The average molecular weight is 211 g/mol. The summed E-state index contributed by atoms with van der Waals surface area (Å²) in [6.07, 6.45) is 3.02. The topological polar surface area (TPSA) is 79.2 Å². The molecule has 1 fully saturated rings. The average Bonchev–Trinajstić information content (AvgIpc) is 2.31. The van der Waals surface area contributed by atoms with Crippen LogP contribution in [0.2, 0.25) is 0 Å². The van der Waals surface area contributed by atoms with Gasteiger partial charge in [-0.3, -0.25) is 4.98 Å².